The Balaban J connectivity index is 2.23. The predicted octanol–water partition coefficient (Wildman–Crippen LogP) is 2.50. The second kappa shape index (κ2) is 5.09. The van der Waals surface area contributed by atoms with E-state index >= 15 is 0 Å². The normalized spacial score (nSPS) is 17.7. The first-order valence-electron chi connectivity index (χ1n) is 6.05. The minimum Gasteiger partial charge on any atom is -0.409 e. The second-order valence-corrected chi connectivity index (χ2v) is 5.27. The van der Waals surface area contributed by atoms with E-state index in [-0.39, 0.29) is 11.7 Å². The van der Waals surface area contributed by atoms with Gasteiger partial charge in [-0.25, -0.2) is 0 Å². The van der Waals surface area contributed by atoms with Gasteiger partial charge in [0, 0.05) is 10.7 Å². The van der Waals surface area contributed by atoms with Crippen LogP contribution in [0.4, 0.5) is 5.69 Å². The van der Waals surface area contributed by atoms with Gasteiger partial charge in [0.2, 0.25) is 5.91 Å². The molecule has 19 heavy (non-hydrogen) atoms. The van der Waals surface area contributed by atoms with Gasteiger partial charge in [-0.2, -0.15) is 0 Å². The van der Waals surface area contributed by atoms with Crippen molar-refractivity contribution < 1.29 is 10.0 Å². The molecule has 0 aromatic heterocycles. The number of aryl methyl sites for hydroxylation is 1. The molecule has 5 nitrogen and oxygen atoms in total. The van der Waals surface area contributed by atoms with E-state index in [1.165, 1.54) is 0 Å². The molecule has 1 aliphatic carbocycles. The zero-order chi connectivity index (χ0) is 14.0. The average Bonchev–Trinajstić information content (AvgIpc) is 2.32. The Labute approximate surface area is 116 Å². The highest BCUT2D eigenvalue weighted by Crippen LogP contribution is 2.42. The number of anilines is 1. The number of amidine groups is 1. The van der Waals surface area contributed by atoms with Gasteiger partial charge in [0.25, 0.3) is 0 Å². The number of benzene rings is 1. The molecule has 2 rings (SSSR count). The first-order valence-corrected chi connectivity index (χ1v) is 6.43. The summed E-state index contributed by atoms with van der Waals surface area (Å²) < 4.78 is 0. The van der Waals surface area contributed by atoms with Crippen LogP contribution in [0, 0.1) is 12.3 Å². The number of oxime groups is 1. The number of carbonyl (C=O) groups excluding carboxylic acids is 1. The maximum atomic E-state index is 12.4. The van der Waals surface area contributed by atoms with E-state index < -0.39 is 5.41 Å². The second-order valence-electron chi connectivity index (χ2n) is 4.83. The van der Waals surface area contributed by atoms with Crippen LogP contribution in [-0.4, -0.2) is 17.0 Å². The number of rotatable bonds is 3. The smallest absolute Gasteiger partial charge is 0.238 e. The van der Waals surface area contributed by atoms with Gasteiger partial charge in [-0.15, -0.1) is 0 Å². The number of carbonyl (C=O) groups is 1. The largest absolute Gasteiger partial charge is 0.409 e. The monoisotopic (exact) mass is 281 g/mol. The van der Waals surface area contributed by atoms with Crippen LogP contribution < -0.4 is 11.1 Å². The van der Waals surface area contributed by atoms with Crippen molar-refractivity contribution in [3.05, 3.63) is 28.8 Å². The number of amides is 1. The molecular formula is C13H16ClN3O2. The summed E-state index contributed by atoms with van der Waals surface area (Å²) in [6, 6.07) is 5.28. The molecule has 0 saturated heterocycles. The number of nitrogens with one attached hydrogen (secondary N) is 1. The third kappa shape index (κ3) is 2.38. The number of nitrogens with two attached hydrogens (primary N) is 1. The third-order valence-corrected chi connectivity index (χ3v) is 3.92. The van der Waals surface area contributed by atoms with Crippen molar-refractivity contribution in [2.75, 3.05) is 5.32 Å². The Morgan fingerprint density at radius 1 is 1.53 bits per heavy atom. The van der Waals surface area contributed by atoms with Crippen molar-refractivity contribution >= 4 is 29.0 Å². The quantitative estimate of drug-likeness (QED) is 0.344. The van der Waals surface area contributed by atoms with Gasteiger partial charge in [-0.1, -0.05) is 29.2 Å². The Bertz CT molecular complexity index is 539. The molecule has 4 N–H and O–H groups in total. The molecule has 1 aromatic carbocycles. The Morgan fingerprint density at radius 2 is 2.21 bits per heavy atom. The highest BCUT2D eigenvalue weighted by atomic mass is 35.5. The first-order chi connectivity index (χ1) is 8.99. The summed E-state index contributed by atoms with van der Waals surface area (Å²) in [6.07, 6.45) is 2.07. The lowest BCUT2D eigenvalue weighted by atomic mass is 9.67. The van der Waals surface area contributed by atoms with E-state index in [1.54, 1.807) is 12.1 Å². The summed E-state index contributed by atoms with van der Waals surface area (Å²) in [7, 11) is 0. The number of hydrogen-bond donors (Lipinski definition) is 3. The lowest BCUT2D eigenvalue weighted by molar-refractivity contribution is -0.125. The summed E-state index contributed by atoms with van der Waals surface area (Å²) >= 11 is 5.91. The maximum absolute atomic E-state index is 12.4. The van der Waals surface area contributed by atoms with Crippen molar-refractivity contribution in [2.24, 2.45) is 16.3 Å². The summed E-state index contributed by atoms with van der Waals surface area (Å²) in [4.78, 5) is 12.4. The topological polar surface area (TPSA) is 87.7 Å². The Morgan fingerprint density at radius 3 is 2.74 bits per heavy atom. The van der Waals surface area contributed by atoms with E-state index in [0.29, 0.717) is 23.6 Å². The van der Waals surface area contributed by atoms with Gasteiger partial charge in [0.15, 0.2) is 5.84 Å². The fraction of sp³-hybridized carbons (Fsp3) is 0.385. The standard InChI is InChI=1S/C13H16ClN3O2/c1-8-3-4-9(14)7-10(8)16-12(18)13(5-2-6-13)11(15)17-19/h3-4,7,19H,2,5-6H2,1H3,(H2,15,17)(H,16,18). The van der Waals surface area contributed by atoms with Crippen LogP contribution in [0.2, 0.25) is 5.02 Å². The molecule has 1 aliphatic rings. The van der Waals surface area contributed by atoms with E-state index in [1.807, 2.05) is 13.0 Å². The average molecular weight is 282 g/mol. The molecule has 0 bridgehead atoms. The minimum absolute atomic E-state index is 0.0315. The molecule has 6 heteroatoms. The van der Waals surface area contributed by atoms with E-state index in [0.717, 1.165) is 12.0 Å². The van der Waals surface area contributed by atoms with Crippen LogP contribution in [0.5, 0.6) is 0 Å². The Kier molecular flexibility index (Phi) is 3.66. The van der Waals surface area contributed by atoms with Gasteiger partial charge in [0.05, 0.1) is 0 Å². The molecule has 1 amide bonds. The van der Waals surface area contributed by atoms with Crippen molar-refractivity contribution in [1.29, 1.82) is 0 Å². The van der Waals surface area contributed by atoms with Gasteiger partial charge in [0.1, 0.15) is 5.41 Å². The molecule has 0 heterocycles. The highest BCUT2D eigenvalue weighted by molar-refractivity contribution is 6.31. The predicted molar refractivity (Wildman–Crippen MR) is 74.5 cm³/mol. The van der Waals surface area contributed by atoms with E-state index in [4.69, 9.17) is 22.5 Å². The van der Waals surface area contributed by atoms with Crippen LogP contribution in [0.1, 0.15) is 24.8 Å². The lowest BCUT2D eigenvalue weighted by Gasteiger charge is -2.38. The third-order valence-electron chi connectivity index (χ3n) is 3.69. The van der Waals surface area contributed by atoms with Crippen molar-refractivity contribution in [3.63, 3.8) is 0 Å². The zero-order valence-electron chi connectivity index (χ0n) is 10.6. The summed E-state index contributed by atoms with van der Waals surface area (Å²) in [5.74, 6) is -0.282. The molecule has 0 spiro atoms. The summed E-state index contributed by atoms with van der Waals surface area (Å²) in [5, 5.41) is 15.2. The summed E-state index contributed by atoms with van der Waals surface area (Å²) in [5.41, 5.74) is 6.32. The van der Waals surface area contributed by atoms with Crippen LogP contribution in [0.25, 0.3) is 0 Å². The molecule has 1 saturated carbocycles. The van der Waals surface area contributed by atoms with Crippen LogP contribution in [0.15, 0.2) is 23.4 Å². The maximum Gasteiger partial charge on any atom is 0.238 e. The lowest BCUT2D eigenvalue weighted by Crippen LogP contribution is -2.51. The molecular weight excluding hydrogens is 266 g/mol. The fourth-order valence-corrected chi connectivity index (χ4v) is 2.37. The number of halogens is 1. The van der Waals surface area contributed by atoms with E-state index in [2.05, 4.69) is 10.5 Å². The molecule has 0 unspecified atom stereocenters. The van der Waals surface area contributed by atoms with Gasteiger partial charge < -0.3 is 16.3 Å². The van der Waals surface area contributed by atoms with Gasteiger partial charge in [-0.05, 0) is 37.5 Å². The number of hydrogen-bond acceptors (Lipinski definition) is 3. The zero-order valence-corrected chi connectivity index (χ0v) is 11.4. The SMILES string of the molecule is Cc1ccc(Cl)cc1NC(=O)C1(/C(N)=N/O)CCC1. The van der Waals surface area contributed by atoms with Crippen LogP contribution >= 0.6 is 11.6 Å². The molecule has 0 aliphatic heterocycles. The minimum atomic E-state index is -0.885. The van der Waals surface area contributed by atoms with Gasteiger partial charge >= 0.3 is 0 Å². The van der Waals surface area contributed by atoms with Gasteiger partial charge in [-0.3, -0.25) is 4.79 Å². The van der Waals surface area contributed by atoms with Crippen LogP contribution in [-0.2, 0) is 4.79 Å². The molecule has 102 valence electrons. The highest BCUT2D eigenvalue weighted by Gasteiger charge is 2.48. The molecule has 0 radical (unpaired) electrons. The molecule has 1 fully saturated rings. The molecule has 1 aromatic rings. The van der Waals surface area contributed by atoms with Crippen LogP contribution in [0.3, 0.4) is 0 Å². The summed E-state index contributed by atoms with van der Waals surface area (Å²) in [6.45, 7) is 1.88. The first kappa shape index (κ1) is 13.7. The fourth-order valence-electron chi connectivity index (χ4n) is 2.20. The van der Waals surface area contributed by atoms with Crippen molar-refractivity contribution in [1.82, 2.24) is 0 Å². The van der Waals surface area contributed by atoms with Crippen molar-refractivity contribution in [3.8, 4) is 0 Å². The number of nitrogens with zero attached hydrogens (tertiary/aromatic N) is 1. The molecule has 0 atom stereocenters. The Hall–Kier alpha value is -1.75. The van der Waals surface area contributed by atoms with Crippen molar-refractivity contribution in [2.45, 2.75) is 26.2 Å². The van der Waals surface area contributed by atoms with E-state index in [9.17, 15) is 4.79 Å².